The van der Waals surface area contributed by atoms with Gasteiger partial charge in [-0.15, -0.1) is 0 Å². The highest BCUT2D eigenvalue weighted by Crippen LogP contribution is 2.61. The number of rotatable bonds is 1. The lowest BCUT2D eigenvalue weighted by Crippen LogP contribution is -2.64. The first-order valence-electron chi connectivity index (χ1n) is 14.8. The molecular formula is C36H37BN2. The fraction of sp³-hybridized carbons (Fsp3) is 0.333. The minimum Gasteiger partial charge on any atom is -0.335 e. The number of benzene rings is 4. The van der Waals surface area contributed by atoms with Crippen LogP contribution in [0.15, 0.2) is 66.7 Å². The van der Waals surface area contributed by atoms with Gasteiger partial charge < -0.3 is 9.80 Å². The van der Waals surface area contributed by atoms with Crippen LogP contribution >= 0.6 is 0 Å². The van der Waals surface area contributed by atoms with Crippen molar-refractivity contribution in [1.29, 1.82) is 0 Å². The topological polar surface area (TPSA) is 6.48 Å². The molecule has 0 aromatic heterocycles. The number of hydrogen-bond donors (Lipinski definition) is 0. The van der Waals surface area contributed by atoms with Gasteiger partial charge >= 0.3 is 0 Å². The molecule has 4 aliphatic rings. The smallest absolute Gasteiger partial charge is 0.252 e. The van der Waals surface area contributed by atoms with E-state index in [1.807, 2.05) is 0 Å². The number of fused-ring (bicyclic) bond motifs is 7. The molecule has 3 heteroatoms. The molecule has 3 heterocycles. The predicted molar refractivity (Wildman–Crippen MR) is 168 cm³/mol. The van der Waals surface area contributed by atoms with Crippen LogP contribution in [0, 0.1) is 27.7 Å². The molecule has 1 saturated carbocycles. The maximum Gasteiger partial charge on any atom is 0.252 e. The molecule has 4 aromatic rings. The zero-order valence-corrected chi connectivity index (χ0v) is 24.2. The maximum atomic E-state index is 2.83. The van der Waals surface area contributed by atoms with Crippen LogP contribution in [-0.4, -0.2) is 12.3 Å². The van der Waals surface area contributed by atoms with Gasteiger partial charge in [-0.1, -0.05) is 61.7 Å². The van der Waals surface area contributed by atoms with Crippen LogP contribution in [0.3, 0.4) is 0 Å². The van der Waals surface area contributed by atoms with Gasteiger partial charge in [-0.2, -0.15) is 0 Å². The quantitative estimate of drug-likeness (QED) is 0.220. The van der Waals surface area contributed by atoms with Gasteiger partial charge in [0.05, 0.1) is 5.54 Å². The van der Waals surface area contributed by atoms with Gasteiger partial charge in [0, 0.05) is 33.9 Å². The van der Waals surface area contributed by atoms with Crippen molar-refractivity contribution >= 4 is 51.5 Å². The molecule has 194 valence electrons. The van der Waals surface area contributed by atoms with E-state index in [1.165, 1.54) is 92.8 Å². The van der Waals surface area contributed by atoms with Crippen LogP contribution in [0.25, 0.3) is 0 Å². The summed E-state index contributed by atoms with van der Waals surface area (Å²) in [6, 6.07) is 26.2. The van der Waals surface area contributed by atoms with E-state index >= 15 is 0 Å². The number of anilines is 5. The lowest BCUT2D eigenvalue weighted by Gasteiger charge is -2.52. The molecule has 0 bridgehead atoms. The second kappa shape index (κ2) is 7.59. The largest absolute Gasteiger partial charge is 0.335 e. The molecular weight excluding hydrogens is 471 g/mol. The van der Waals surface area contributed by atoms with Crippen molar-refractivity contribution in [2.24, 2.45) is 0 Å². The lowest BCUT2D eigenvalue weighted by molar-refractivity contribution is 0.195. The fourth-order valence-electron chi connectivity index (χ4n) is 8.78. The van der Waals surface area contributed by atoms with Crippen molar-refractivity contribution < 1.29 is 0 Å². The Hall–Kier alpha value is -3.46. The van der Waals surface area contributed by atoms with Crippen molar-refractivity contribution in [3.63, 3.8) is 0 Å². The zero-order chi connectivity index (χ0) is 26.8. The highest BCUT2D eigenvalue weighted by atomic mass is 15.3. The average molecular weight is 509 g/mol. The molecule has 0 amide bonds. The van der Waals surface area contributed by atoms with Crippen molar-refractivity contribution in [2.45, 2.75) is 78.2 Å². The lowest BCUT2D eigenvalue weighted by atomic mass is 9.33. The number of nitrogens with zero attached hydrogens (tertiary/aromatic N) is 2. The van der Waals surface area contributed by atoms with Gasteiger partial charge in [0.25, 0.3) is 6.71 Å². The average Bonchev–Trinajstić information content (AvgIpc) is 3.10. The van der Waals surface area contributed by atoms with Gasteiger partial charge in [-0.3, -0.25) is 0 Å². The molecule has 0 spiro atoms. The second-order valence-electron chi connectivity index (χ2n) is 13.3. The van der Waals surface area contributed by atoms with E-state index in [9.17, 15) is 0 Å². The minimum absolute atomic E-state index is 0.0738. The van der Waals surface area contributed by atoms with E-state index < -0.39 is 0 Å². The summed E-state index contributed by atoms with van der Waals surface area (Å²) in [6.45, 7) is 14.4. The molecule has 1 fully saturated rings. The molecule has 39 heavy (non-hydrogen) atoms. The Kier molecular flexibility index (Phi) is 4.56. The van der Waals surface area contributed by atoms with Crippen molar-refractivity contribution in [1.82, 2.24) is 0 Å². The Balaban J connectivity index is 1.52. The number of aryl methyl sites for hydroxylation is 4. The van der Waals surface area contributed by atoms with E-state index in [4.69, 9.17) is 0 Å². The Morgan fingerprint density at radius 3 is 2.21 bits per heavy atom. The Labute approximate surface area is 233 Å². The highest BCUT2D eigenvalue weighted by molar-refractivity contribution is 7.00. The molecule has 2 nitrogen and oxygen atoms in total. The first-order chi connectivity index (χ1) is 18.7. The molecule has 4 aromatic carbocycles. The van der Waals surface area contributed by atoms with Crippen LogP contribution in [0.4, 0.5) is 28.4 Å². The Morgan fingerprint density at radius 2 is 1.38 bits per heavy atom. The van der Waals surface area contributed by atoms with Gasteiger partial charge in [0.1, 0.15) is 0 Å². The summed E-state index contributed by atoms with van der Waals surface area (Å²) in [6.07, 6.45) is 5.13. The van der Waals surface area contributed by atoms with Crippen LogP contribution in [-0.2, 0) is 5.41 Å². The van der Waals surface area contributed by atoms with Crippen LogP contribution in [0.5, 0.6) is 0 Å². The van der Waals surface area contributed by atoms with Crippen molar-refractivity contribution in [2.75, 3.05) is 9.80 Å². The van der Waals surface area contributed by atoms with Crippen molar-refractivity contribution in [3.05, 3.63) is 94.5 Å². The zero-order valence-electron chi connectivity index (χ0n) is 24.2. The summed E-state index contributed by atoms with van der Waals surface area (Å²) in [4.78, 5) is 5.38. The SMILES string of the molecule is Cc1cccc(N2c3cc(C)ccc3B3c4cc(C)cc5c4N(c4cc(C)cc2c43)C2(C)CCCCC52C)c1. The predicted octanol–water partition coefficient (Wildman–Crippen LogP) is 7.28. The van der Waals surface area contributed by atoms with Crippen LogP contribution in [0.2, 0.25) is 0 Å². The maximum absolute atomic E-state index is 2.83. The van der Waals surface area contributed by atoms with Crippen LogP contribution < -0.4 is 26.2 Å². The molecule has 1 aliphatic carbocycles. The summed E-state index contributed by atoms with van der Waals surface area (Å²) >= 11 is 0. The monoisotopic (exact) mass is 508 g/mol. The van der Waals surface area contributed by atoms with Gasteiger partial charge in [0.2, 0.25) is 0 Å². The summed E-state index contributed by atoms with van der Waals surface area (Å²) in [5.41, 5.74) is 18.4. The molecule has 0 N–H and O–H groups in total. The standard InChI is InChI=1S/C36H37BN2/c1-22-10-9-11-26(16-22)38-30-19-23(2)12-13-28(30)37-29-18-24(3)17-27-34(29)39(32-21-25(4)20-31(38)33(32)37)36(6)15-8-7-14-35(27,36)5/h9-13,16-21H,7-8,14-15H2,1-6H3. The highest BCUT2D eigenvalue weighted by Gasteiger charge is 2.61. The number of hydrogen-bond acceptors (Lipinski definition) is 2. The third-order valence-corrected chi connectivity index (χ3v) is 10.7. The second-order valence-corrected chi connectivity index (χ2v) is 13.3. The molecule has 2 unspecified atom stereocenters. The summed E-state index contributed by atoms with van der Waals surface area (Å²) in [5, 5.41) is 0. The summed E-state index contributed by atoms with van der Waals surface area (Å²) in [5.74, 6) is 0. The van der Waals surface area contributed by atoms with Crippen molar-refractivity contribution in [3.8, 4) is 0 Å². The normalized spacial score (nSPS) is 23.8. The third kappa shape index (κ3) is 2.84. The van der Waals surface area contributed by atoms with E-state index in [2.05, 4.69) is 118 Å². The van der Waals surface area contributed by atoms with E-state index in [1.54, 1.807) is 5.56 Å². The van der Waals surface area contributed by atoms with Gasteiger partial charge in [-0.25, -0.2) is 0 Å². The summed E-state index contributed by atoms with van der Waals surface area (Å²) in [7, 11) is 0. The minimum atomic E-state index is 0.0738. The van der Waals surface area contributed by atoms with E-state index in [0.29, 0.717) is 0 Å². The third-order valence-electron chi connectivity index (χ3n) is 10.7. The fourth-order valence-corrected chi connectivity index (χ4v) is 8.78. The van der Waals surface area contributed by atoms with E-state index in [0.717, 1.165) is 0 Å². The van der Waals surface area contributed by atoms with E-state index in [-0.39, 0.29) is 17.7 Å². The molecule has 0 saturated heterocycles. The Morgan fingerprint density at radius 1 is 0.667 bits per heavy atom. The first kappa shape index (κ1) is 23.4. The first-order valence-corrected chi connectivity index (χ1v) is 14.8. The molecule has 0 radical (unpaired) electrons. The molecule has 2 atom stereocenters. The molecule has 3 aliphatic heterocycles. The van der Waals surface area contributed by atoms with Gasteiger partial charge in [0.15, 0.2) is 0 Å². The molecule has 8 rings (SSSR count). The van der Waals surface area contributed by atoms with Crippen LogP contribution in [0.1, 0.15) is 67.3 Å². The van der Waals surface area contributed by atoms with Gasteiger partial charge in [-0.05, 0) is 116 Å². The summed E-state index contributed by atoms with van der Waals surface area (Å²) < 4.78 is 0. The Bertz CT molecular complexity index is 1720.